The van der Waals surface area contributed by atoms with Gasteiger partial charge >= 0.3 is 23.9 Å². The van der Waals surface area contributed by atoms with Crippen LogP contribution in [-0.2, 0) is 92.6 Å². The fourth-order valence-corrected chi connectivity index (χ4v) is 6.95. The van der Waals surface area contributed by atoms with E-state index < -0.39 is 85.0 Å². The molecule has 15 rings (SSSR count). The maximum Gasteiger partial charge on any atom is 0.343 e. The van der Waals surface area contributed by atoms with E-state index in [1.807, 2.05) is 0 Å². The molecule has 22 heteroatoms. The minimum absolute atomic E-state index is 0.00380. The van der Waals surface area contributed by atoms with Crippen LogP contribution in [0.25, 0.3) is 0 Å². The first-order chi connectivity index (χ1) is 33.9. The van der Waals surface area contributed by atoms with Gasteiger partial charge in [-0.1, -0.05) is 0 Å². The molecule has 0 heterocycles. The van der Waals surface area contributed by atoms with E-state index in [0.717, 1.165) is 64.9 Å². The molecule has 0 unspecified atom stereocenters. The van der Waals surface area contributed by atoms with Crippen molar-refractivity contribution in [1.82, 2.24) is 0 Å². The Morgan fingerprint density at radius 2 is 0.521 bits per heavy atom. The summed E-state index contributed by atoms with van der Waals surface area (Å²) in [6.45, 7) is -2.42. The van der Waals surface area contributed by atoms with Gasteiger partial charge in [-0.25, -0.2) is 19.2 Å². The highest BCUT2D eigenvalue weighted by atomic mass is 35.5. The third-order valence-corrected chi connectivity index (χ3v) is 10.4. The number of carbonyl (C=O) groups excluding carboxylic acids is 10. The second kappa shape index (κ2) is 27.5. The summed E-state index contributed by atoms with van der Waals surface area (Å²) in [7, 11) is 4.56. The van der Waals surface area contributed by atoms with Gasteiger partial charge in [-0.05, 0) is 60.7 Å². The Labute approximate surface area is 426 Å². The zero-order valence-electron chi connectivity index (χ0n) is 38.4. The van der Waals surface area contributed by atoms with Gasteiger partial charge < -0.3 is 37.9 Å². The Balaban J connectivity index is 0.00000174. The number of halogens is 4. The number of benzene rings is 2. The largest absolute Gasteiger partial charge is 0.482 e. The molecule has 71 heavy (non-hydrogen) atoms. The molecule has 0 N–H and O–H groups in total. The van der Waals surface area contributed by atoms with Gasteiger partial charge in [0.2, 0.25) is 0 Å². The molecule has 0 amide bonds. The van der Waals surface area contributed by atoms with Crippen molar-refractivity contribution in [3.8, 4) is 23.0 Å². The first-order valence-electron chi connectivity index (χ1n) is 20.8. The highest BCUT2D eigenvalue weighted by Crippen LogP contribution is 2.37. The summed E-state index contributed by atoms with van der Waals surface area (Å²) in [6, 6.07) is 5.57. The summed E-state index contributed by atoms with van der Waals surface area (Å²) in [5, 5.41) is 0.389. The van der Waals surface area contributed by atoms with Crippen LogP contribution < -0.4 is 18.9 Å². The van der Waals surface area contributed by atoms with Crippen LogP contribution in [0.2, 0.25) is 0 Å². The van der Waals surface area contributed by atoms with Gasteiger partial charge in [-0.2, -0.15) is 0 Å². The predicted octanol–water partition coefficient (Wildman–Crippen LogP) is 5.02. The molecule has 13 aliphatic rings. The Morgan fingerprint density at radius 1 is 0.352 bits per heavy atom. The van der Waals surface area contributed by atoms with Gasteiger partial charge in [-0.3, -0.25) is 28.8 Å². The Kier molecular flexibility index (Phi) is 22.0. The summed E-state index contributed by atoms with van der Waals surface area (Å²) >= 11 is 19.1. The molecule has 13 aliphatic carbocycles. The zero-order valence-corrected chi connectivity index (χ0v) is 41.4. The van der Waals surface area contributed by atoms with E-state index >= 15 is 0 Å². The number of ether oxygens (including phenoxy) is 8. The molecule has 0 spiro atoms. The molecule has 0 saturated carbocycles. The molecule has 0 aliphatic heterocycles. The lowest BCUT2D eigenvalue weighted by Gasteiger charge is -2.20. The van der Waals surface area contributed by atoms with Crippen molar-refractivity contribution in [2.75, 3.05) is 65.5 Å². The quantitative estimate of drug-likeness (QED) is 0.117. The molecule has 2 aromatic carbocycles. The molecule has 0 fully saturated rings. The van der Waals surface area contributed by atoms with Crippen molar-refractivity contribution in [1.29, 1.82) is 0 Å². The van der Waals surface area contributed by atoms with E-state index in [1.54, 1.807) is 0 Å². The molecular weight excluding hydrogens is 1020 g/mol. The van der Waals surface area contributed by atoms with Gasteiger partial charge in [0.25, 0.3) is 0 Å². The van der Waals surface area contributed by atoms with Gasteiger partial charge in [-0.15, -0.1) is 46.4 Å². The highest BCUT2D eigenvalue weighted by molar-refractivity contribution is 6.41. The lowest BCUT2D eigenvalue weighted by atomic mass is 9.85. The molecule has 10 bridgehead atoms. The van der Waals surface area contributed by atoms with Crippen molar-refractivity contribution in [2.24, 2.45) is 0 Å². The van der Waals surface area contributed by atoms with Crippen LogP contribution in [0.1, 0.15) is 28.7 Å². The van der Waals surface area contributed by atoms with Gasteiger partial charge in [0.05, 0.1) is 39.1 Å². The van der Waals surface area contributed by atoms with E-state index in [0.29, 0.717) is 0 Å². The lowest BCUT2D eigenvalue weighted by molar-refractivity contribution is -0.143. The molecule has 0 atom stereocenters. The SMILES string of the molecule is COC(=O)COc1cc2c(OCC(=O)OC)cc1CC1=CC(=O)C(=CC1=O)CC1=CC(=O)C(=CC1=O)Cc1cc(OCC(=O)OC)c(cc1OCC(=O)OC)CC1=CC(=O)C(=CC1=O)C2.ClCCl.ClCCl. The second-order valence-electron chi connectivity index (χ2n) is 14.9. The summed E-state index contributed by atoms with van der Waals surface area (Å²) in [5.74, 6) is -6.84. The van der Waals surface area contributed by atoms with E-state index in [-0.39, 0.29) is 121 Å². The third kappa shape index (κ3) is 16.1. The number of rotatable bonds is 12. The normalized spacial score (nSPS) is 15.2. The Morgan fingerprint density at radius 3 is 0.690 bits per heavy atom. The van der Waals surface area contributed by atoms with Gasteiger partial charge in [0.1, 0.15) is 23.0 Å². The number of carbonyl (C=O) groups is 10. The summed E-state index contributed by atoms with van der Waals surface area (Å²) < 4.78 is 42.2. The van der Waals surface area contributed by atoms with Crippen LogP contribution in [-0.4, -0.2) is 124 Å². The van der Waals surface area contributed by atoms with Crippen LogP contribution in [0.3, 0.4) is 0 Å². The summed E-state index contributed by atoms with van der Waals surface area (Å²) in [6.07, 6.45) is 5.00. The van der Waals surface area contributed by atoms with Crippen molar-refractivity contribution in [3.63, 3.8) is 0 Å². The molecule has 0 radical (unpaired) electrons. The van der Waals surface area contributed by atoms with Crippen molar-refractivity contribution >= 4 is 105 Å². The number of ketones is 6. The fourth-order valence-electron chi connectivity index (χ4n) is 6.95. The van der Waals surface area contributed by atoms with Gasteiger partial charge in [0, 0.05) is 87.8 Å². The minimum atomic E-state index is -0.773. The number of methoxy groups -OCH3 is 4. The van der Waals surface area contributed by atoms with Crippen molar-refractivity contribution in [2.45, 2.75) is 32.1 Å². The number of alkyl halides is 4. The number of hydrogen-bond donors (Lipinski definition) is 0. The highest BCUT2D eigenvalue weighted by Gasteiger charge is 2.30. The van der Waals surface area contributed by atoms with Crippen LogP contribution in [0.5, 0.6) is 23.0 Å². The Hall–Kier alpha value is -6.86. The van der Waals surface area contributed by atoms with E-state index in [9.17, 15) is 47.9 Å². The number of allylic oxidation sites excluding steroid dienone is 12. The fraction of sp³-hybridized carbons (Fsp3) is 0.306. The average molecular weight is 1060 g/mol. The third-order valence-electron chi connectivity index (χ3n) is 10.4. The van der Waals surface area contributed by atoms with E-state index in [1.165, 1.54) is 24.3 Å². The molecule has 18 nitrogen and oxygen atoms in total. The van der Waals surface area contributed by atoms with Crippen molar-refractivity contribution in [3.05, 3.63) is 116 Å². The predicted molar refractivity (Wildman–Crippen MR) is 254 cm³/mol. The van der Waals surface area contributed by atoms with Crippen molar-refractivity contribution < 1.29 is 85.8 Å². The number of hydrogen-bond acceptors (Lipinski definition) is 18. The van der Waals surface area contributed by atoms with Crippen LogP contribution in [0.4, 0.5) is 0 Å². The summed E-state index contributed by atoms with van der Waals surface area (Å²) in [4.78, 5) is 131. The molecule has 2 aromatic rings. The van der Waals surface area contributed by atoms with E-state index in [2.05, 4.69) is 0 Å². The molecule has 0 saturated heterocycles. The molecule has 0 aromatic heterocycles. The van der Waals surface area contributed by atoms with E-state index in [4.69, 9.17) is 84.3 Å². The monoisotopic (exact) mass is 1060 g/mol. The van der Waals surface area contributed by atoms with Crippen LogP contribution in [0, 0.1) is 0 Å². The maximum absolute atomic E-state index is 13.9. The zero-order chi connectivity index (χ0) is 52.4. The second-order valence-corrected chi connectivity index (χ2v) is 16.5. The Bertz CT molecular complexity index is 2520. The van der Waals surface area contributed by atoms with Gasteiger partial charge in [0.15, 0.2) is 61.1 Å². The minimum Gasteiger partial charge on any atom is -0.482 e. The lowest BCUT2D eigenvalue weighted by Crippen LogP contribution is -2.20. The molecular formula is C49H44Cl4O18. The van der Waals surface area contributed by atoms with Crippen LogP contribution >= 0.6 is 46.4 Å². The first kappa shape index (κ1) is 56.7. The topological polar surface area (TPSA) is 245 Å². The number of esters is 4. The summed E-state index contributed by atoms with van der Waals surface area (Å²) in [5.41, 5.74) is 0.552. The average Bonchev–Trinajstić information content (AvgIpc) is 3.34. The standard InChI is InChI=1S/C47H40O18.2CH2Cl2/c1-58-44(54)20-62-40-18-32-8-28-14-39(53)29(15-38(28)52)9-33-19-41(63-21-45(55)59-2)31(17-43(33)65-23-47(57)61-4)7-27-13-35(49)25(11-37(27)51)5-24-10-36(50)26(12-34(24)48)6-30(40)16-42(32)64-22-46(56)60-3;2*2-1-3/h10-19H,5-9,20-23H2,1-4H3;2*1H2. The smallest absolute Gasteiger partial charge is 0.343 e. The molecule has 376 valence electrons. The van der Waals surface area contributed by atoms with Crippen LogP contribution in [0.15, 0.2) is 94.2 Å². The maximum atomic E-state index is 13.9. The first-order valence-corrected chi connectivity index (χ1v) is 22.9.